The number of hydrogen-bond donors (Lipinski definition) is 0. The number of halogens is 1. The maximum absolute atomic E-state index is 12.3. The summed E-state index contributed by atoms with van der Waals surface area (Å²) in [6.45, 7) is 3.17. The van der Waals surface area contributed by atoms with E-state index >= 15 is 0 Å². The molecule has 2 rings (SSSR count). The van der Waals surface area contributed by atoms with Gasteiger partial charge in [0.2, 0.25) is 0 Å². The van der Waals surface area contributed by atoms with Gasteiger partial charge in [-0.2, -0.15) is 10.2 Å². The first-order valence-electron chi connectivity index (χ1n) is 5.98. The predicted molar refractivity (Wildman–Crippen MR) is 74.6 cm³/mol. The first kappa shape index (κ1) is 13.8. The van der Waals surface area contributed by atoms with E-state index in [0.717, 1.165) is 12.2 Å². The summed E-state index contributed by atoms with van der Waals surface area (Å²) in [5.74, 6) is -0.121. The number of carbonyl (C=O) groups is 1. The summed E-state index contributed by atoms with van der Waals surface area (Å²) >= 11 is 3.37. The van der Waals surface area contributed by atoms with Gasteiger partial charge in [-0.15, -0.1) is 0 Å². The molecule has 2 aromatic rings. The summed E-state index contributed by atoms with van der Waals surface area (Å²) in [4.78, 5) is 13.9. The molecule has 0 aromatic carbocycles. The molecule has 0 aliphatic heterocycles. The van der Waals surface area contributed by atoms with Gasteiger partial charge in [0.15, 0.2) is 5.69 Å². The minimum atomic E-state index is -0.121. The number of nitrogens with zero attached hydrogens (tertiary/aromatic N) is 5. The Morgan fingerprint density at radius 1 is 1.47 bits per heavy atom. The van der Waals surface area contributed by atoms with Crippen LogP contribution in [-0.2, 0) is 20.1 Å². The Hall–Kier alpha value is -1.63. The van der Waals surface area contributed by atoms with E-state index in [1.54, 1.807) is 21.3 Å². The second kappa shape index (κ2) is 5.56. The highest BCUT2D eigenvalue weighted by Gasteiger charge is 2.19. The van der Waals surface area contributed by atoms with E-state index in [0.29, 0.717) is 16.7 Å². The minimum Gasteiger partial charge on any atom is -0.334 e. The summed E-state index contributed by atoms with van der Waals surface area (Å²) in [5.41, 5.74) is 1.28. The van der Waals surface area contributed by atoms with E-state index in [-0.39, 0.29) is 5.91 Å². The van der Waals surface area contributed by atoms with Gasteiger partial charge in [-0.05, 0) is 28.9 Å². The minimum absolute atomic E-state index is 0.121. The van der Waals surface area contributed by atoms with Crippen molar-refractivity contribution >= 4 is 21.8 Å². The van der Waals surface area contributed by atoms with Crippen molar-refractivity contribution in [3.05, 3.63) is 34.3 Å². The smallest absolute Gasteiger partial charge is 0.275 e. The fraction of sp³-hybridized carbons (Fsp3) is 0.417. The van der Waals surface area contributed by atoms with Crippen LogP contribution in [0.5, 0.6) is 0 Å². The molecule has 0 fully saturated rings. The molecule has 0 bridgehead atoms. The van der Waals surface area contributed by atoms with Gasteiger partial charge >= 0.3 is 0 Å². The van der Waals surface area contributed by atoms with Crippen LogP contribution in [0.3, 0.4) is 0 Å². The second-order valence-electron chi connectivity index (χ2n) is 4.32. The molecule has 0 saturated heterocycles. The van der Waals surface area contributed by atoms with Crippen LogP contribution in [0.15, 0.2) is 22.9 Å². The van der Waals surface area contributed by atoms with Gasteiger partial charge in [-0.3, -0.25) is 14.2 Å². The molecule has 1 amide bonds. The average molecular weight is 326 g/mol. The standard InChI is InChI=1S/C12H16BrN5O/c1-4-18-8-10(13)11(15-18)12(19)16(2)7-9-5-6-17(3)14-9/h5-6,8H,4,7H2,1-3H3. The molecule has 0 N–H and O–H groups in total. The Balaban J connectivity index is 2.12. The zero-order chi connectivity index (χ0) is 14.0. The quantitative estimate of drug-likeness (QED) is 0.859. The predicted octanol–water partition coefficient (Wildman–Crippen LogP) is 1.67. The van der Waals surface area contributed by atoms with Gasteiger partial charge < -0.3 is 4.90 Å². The number of aryl methyl sites for hydroxylation is 2. The largest absolute Gasteiger partial charge is 0.334 e. The summed E-state index contributed by atoms with van der Waals surface area (Å²) in [6.07, 6.45) is 3.66. The van der Waals surface area contributed by atoms with Crippen molar-refractivity contribution in [1.29, 1.82) is 0 Å². The van der Waals surface area contributed by atoms with E-state index in [1.807, 2.05) is 32.4 Å². The summed E-state index contributed by atoms with van der Waals surface area (Å²) in [6, 6.07) is 1.89. The molecular formula is C12H16BrN5O. The fourth-order valence-electron chi connectivity index (χ4n) is 1.75. The third kappa shape index (κ3) is 3.04. The van der Waals surface area contributed by atoms with E-state index in [4.69, 9.17) is 0 Å². The van der Waals surface area contributed by atoms with E-state index in [2.05, 4.69) is 26.1 Å². The summed E-state index contributed by atoms with van der Waals surface area (Å²) < 4.78 is 4.16. The molecule has 0 radical (unpaired) electrons. The van der Waals surface area contributed by atoms with Gasteiger partial charge in [-0.25, -0.2) is 0 Å². The van der Waals surface area contributed by atoms with Gasteiger partial charge in [0, 0.05) is 33.0 Å². The SMILES string of the molecule is CCn1cc(Br)c(C(=O)N(C)Cc2ccn(C)n2)n1. The molecule has 0 unspecified atom stereocenters. The van der Waals surface area contributed by atoms with Crippen molar-refractivity contribution in [2.24, 2.45) is 7.05 Å². The highest BCUT2D eigenvalue weighted by molar-refractivity contribution is 9.10. The monoisotopic (exact) mass is 325 g/mol. The molecule has 0 aliphatic rings. The Kier molecular flexibility index (Phi) is 4.04. The third-order valence-corrected chi connectivity index (χ3v) is 3.34. The topological polar surface area (TPSA) is 56.0 Å². The summed E-state index contributed by atoms with van der Waals surface area (Å²) in [5, 5.41) is 8.51. The number of aromatic nitrogens is 4. The molecule has 0 spiro atoms. The van der Waals surface area contributed by atoms with Crippen molar-refractivity contribution in [3.63, 3.8) is 0 Å². The molecule has 2 heterocycles. The molecule has 0 atom stereocenters. The lowest BCUT2D eigenvalue weighted by atomic mass is 10.3. The number of carbonyl (C=O) groups excluding carboxylic acids is 1. The van der Waals surface area contributed by atoms with Crippen LogP contribution in [0.25, 0.3) is 0 Å². The average Bonchev–Trinajstić information content (AvgIpc) is 2.94. The zero-order valence-corrected chi connectivity index (χ0v) is 12.8. The lowest BCUT2D eigenvalue weighted by Gasteiger charge is -2.14. The van der Waals surface area contributed by atoms with Crippen LogP contribution < -0.4 is 0 Å². The van der Waals surface area contributed by atoms with Crippen LogP contribution in [0.4, 0.5) is 0 Å². The lowest BCUT2D eigenvalue weighted by Crippen LogP contribution is -2.27. The van der Waals surface area contributed by atoms with Gasteiger partial charge in [0.1, 0.15) is 0 Å². The van der Waals surface area contributed by atoms with Crippen LogP contribution in [0.1, 0.15) is 23.1 Å². The van der Waals surface area contributed by atoms with Crippen molar-refractivity contribution in [2.45, 2.75) is 20.0 Å². The molecule has 7 heteroatoms. The van der Waals surface area contributed by atoms with Crippen LogP contribution in [-0.4, -0.2) is 37.4 Å². The Bertz CT molecular complexity index is 589. The summed E-state index contributed by atoms with van der Waals surface area (Å²) in [7, 11) is 3.60. The van der Waals surface area contributed by atoms with Gasteiger partial charge in [0.05, 0.1) is 16.7 Å². The maximum Gasteiger partial charge on any atom is 0.275 e. The highest BCUT2D eigenvalue weighted by atomic mass is 79.9. The number of hydrogen-bond acceptors (Lipinski definition) is 3. The van der Waals surface area contributed by atoms with Crippen LogP contribution in [0.2, 0.25) is 0 Å². The van der Waals surface area contributed by atoms with Crippen molar-refractivity contribution in [3.8, 4) is 0 Å². The van der Waals surface area contributed by atoms with E-state index in [9.17, 15) is 4.79 Å². The Morgan fingerprint density at radius 3 is 2.74 bits per heavy atom. The van der Waals surface area contributed by atoms with Crippen molar-refractivity contribution in [1.82, 2.24) is 24.5 Å². The first-order valence-corrected chi connectivity index (χ1v) is 6.77. The maximum atomic E-state index is 12.3. The van der Waals surface area contributed by atoms with Crippen LogP contribution >= 0.6 is 15.9 Å². The van der Waals surface area contributed by atoms with Crippen molar-refractivity contribution < 1.29 is 4.79 Å². The second-order valence-corrected chi connectivity index (χ2v) is 5.18. The Morgan fingerprint density at radius 2 is 2.21 bits per heavy atom. The molecular weight excluding hydrogens is 310 g/mol. The third-order valence-electron chi connectivity index (χ3n) is 2.76. The molecule has 6 nitrogen and oxygen atoms in total. The van der Waals surface area contributed by atoms with Gasteiger partial charge in [-0.1, -0.05) is 0 Å². The number of rotatable bonds is 4. The fourth-order valence-corrected chi connectivity index (χ4v) is 2.23. The number of amides is 1. The lowest BCUT2D eigenvalue weighted by molar-refractivity contribution is 0.0775. The molecule has 102 valence electrons. The van der Waals surface area contributed by atoms with Gasteiger partial charge in [0.25, 0.3) is 5.91 Å². The Labute approximate surface area is 120 Å². The first-order chi connectivity index (χ1) is 9.01. The molecule has 2 aromatic heterocycles. The molecule has 19 heavy (non-hydrogen) atoms. The van der Waals surface area contributed by atoms with Crippen LogP contribution in [0, 0.1) is 0 Å². The normalized spacial score (nSPS) is 10.7. The molecule has 0 saturated carbocycles. The zero-order valence-electron chi connectivity index (χ0n) is 11.2. The highest BCUT2D eigenvalue weighted by Crippen LogP contribution is 2.17. The van der Waals surface area contributed by atoms with E-state index < -0.39 is 0 Å². The van der Waals surface area contributed by atoms with Crippen molar-refractivity contribution in [2.75, 3.05) is 7.05 Å². The van der Waals surface area contributed by atoms with E-state index in [1.165, 1.54) is 0 Å². The molecule has 0 aliphatic carbocycles.